The molecule has 1 aliphatic heterocycles. The number of likely N-dealkylation sites (tertiary alicyclic amines) is 1. The van der Waals surface area contributed by atoms with E-state index in [1.54, 1.807) is 17.2 Å². The van der Waals surface area contributed by atoms with E-state index in [0.717, 1.165) is 23.8 Å². The van der Waals surface area contributed by atoms with Crippen molar-refractivity contribution >= 4 is 11.0 Å². The molecule has 4 rings (SSSR count). The number of piperidine rings is 1. The van der Waals surface area contributed by atoms with E-state index in [-0.39, 0.29) is 5.43 Å². The van der Waals surface area contributed by atoms with Gasteiger partial charge in [0.15, 0.2) is 5.43 Å². The first-order chi connectivity index (χ1) is 13.2. The highest BCUT2D eigenvalue weighted by molar-refractivity contribution is 5.82. The molecule has 4 nitrogen and oxygen atoms in total. The maximum absolute atomic E-state index is 12.8. The van der Waals surface area contributed by atoms with E-state index in [2.05, 4.69) is 6.92 Å². The molecule has 0 spiro atoms. The molecule has 4 heteroatoms. The molecule has 27 heavy (non-hydrogen) atoms. The molecule has 0 amide bonds. The average Bonchev–Trinajstić information content (AvgIpc) is 2.70. The molecule has 1 aromatic heterocycles. The smallest absolute Gasteiger partial charge is 0.200 e. The Morgan fingerprint density at radius 3 is 2.67 bits per heavy atom. The Kier molecular flexibility index (Phi) is 5.26. The molecule has 1 fully saturated rings. The average molecular weight is 364 g/mol. The zero-order valence-corrected chi connectivity index (χ0v) is 15.7. The van der Waals surface area contributed by atoms with E-state index in [1.807, 2.05) is 42.5 Å². The molecule has 0 saturated carbocycles. The third-order valence-electron chi connectivity index (χ3n) is 5.54. The van der Waals surface area contributed by atoms with Gasteiger partial charge in [0.1, 0.15) is 30.7 Å². The van der Waals surface area contributed by atoms with Crippen molar-refractivity contribution in [3.05, 3.63) is 65.0 Å². The van der Waals surface area contributed by atoms with Gasteiger partial charge in [-0.1, -0.05) is 37.3 Å². The van der Waals surface area contributed by atoms with Gasteiger partial charge in [0.25, 0.3) is 0 Å². The molecular formula is C23H26NO3+. The van der Waals surface area contributed by atoms with Crippen molar-refractivity contribution in [3.63, 3.8) is 0 Å². The predicted octanol–water partition coefficient (Wildman–Crippen LogP) is 3.15. The number of fused-ring (bicyclic) bond motifs is 1. The molecule has 1 N–H and O–H groups in total. The van der Waals surface area contributed by atoms with Crippen LogP contribution in [-0.4, -0.2) is 26.2 Å². The van der Waals surface area contributed by atoms with E-state index >= 15 is 0 Å². The normalized spacial score (nSPS) is 19.9. The van der Waals surface area contributed by atoms with Gasteiger partial charge in [0.05, 0.1) is 24.0 Å². The highest BCUT2D eigenvalue weighted by Gasteiger charge is 2.18. The fourth-order valence-electron chi connectivity index (χ4n) is 3.75. The van der Waals surface area contributed by atoms with Crippen molar-refractivity contribution in [1.29, 1.82) is 0 Å². The summed E-state index contributed by atoms with van der Waals surface area (Å²) in [6.45, 7) is 6.50. The lowest BCUT2D eigenvalue weighted by atomic mass is 9.99. The summed E-state index contributed by atoms with van der Waals surface area (Å²) in [5.74, 6) is 1.61. The van der Waals surface area contributed by atoms with Crippen molar-refractivity contribution in [2.75, 3.05) is 26.2 Å². The largest absolute Gasteiger partial charge is 0.488 e. The summed E-state index contributed by atoms with van der Waals surface area (Å²) < 4.78 is 11.7. The van der Waals surface area contributed by atoms with E-state index in [0.29, 0.717) is 23.1 Å². The van der Waals surface area contributed by atoms with Gasteiger partial charge in [-0.15, -0.1) is 0 Å². The van der Waals surface area contributed by atoms with Gasteiger partial charge in [-0.25, -0.2) is 0 Å². The SMILES string of the molecule is CC1CC[NH+](CCOc2ccc3c(=O)c(-c4ccccc4)coc3c2)CC1. The minimum absolute atomic E-state index is 0.0131. The number of quaternary nitrogens is 1. The maximum Gasteiger partial charge on any atom is 0.200 e. The van der Waals surface area contributed by atoms with Crippen molar-refractivity contribution in [3.8, 4) is 16.9 Å². The summed E-state index contributed by atoms with van der Waals surface area (Å²) >= 11 is 0. The lowest BCUT2D eigenvalue weighted by Crippen LogP contribution is -3.13. The second-order valence-corrected chi connectivity index (χ2v) is 7.53. The minimum Gasteiger partial charge on any atom is -0.488 e. The summed E-state index contributed by atoms with van der Waals surface area (Å²) in [6, 6.07) is 15.1. The topological polar surface area (TPSA) is 43.9 Å². The summed E-state index contributed by atoms with van der Waals surface area (Å²) in [5, 5.41) is 0.583. The first kappa shape index (κ1) is 17.8. The van der Waals surface area contributed by atoms with E-state index in [4.69, 9.17) is 9.15 Å². The van der Waals surface area contributed by atoms with Crippen LogP contribution < -0.4 is 15.1 Å². The summed E-state index contributed by atoms with van der Waals surface area (Å²) in [6.07, 6.45) is 4.16. The van der Waals surface area contributed by atoms with E-state index < -0.39 is 0 Å². The van der Waals surface area contributed by atoms with Crippen LogP contribution >= 0.6 is 0 Å². The monoisotopic (exact) mass is 364 g/mol. The number of hydrogen-bond donors (Lipinski definition) is 1. The zero-order valence-electron chi connectivity index (χ0n) is 15.7. The molecule has 1 aliphatic rings. The van der Waals surface area contributed by atoms with Gasteiger partial charge < -0.3 is 14.1 Å². The number of hydrogen-bond acceptors (Lipinski definition) is 3. The molecule has 3 aromatic rings. The predicted molar refractivity (Wildman–Crippen MR) is 107 cm³/mol. The molecule has 0 radical (unpaired) electrons. The lowest BCUT2D eigenvalue weighted by Gasteiger charge is -2.27. The molecule has 0 atom stereocenters. The summed E-state index contributed by atoms with van der Waals surface area (Å²) in [5.41, 5.74) is 2.00. The van der Waals surface area contributed by atoms with Crippen LogP contribution in [0.4, 0.5) is 0 Å². The fourth-order valence-corrected chi connectivity index (χ4v) is 3.75. The van der Waals surface area contributed by atoms with E-state index in [9.17, 15) is 4.79 Å². The number of ether oxygens (including phenoxy) is 1. The molecule has 2 aromatic carbocycles. The minimum atomic E-state index is -0.0131. The van der Waals surface area contributed by atoms with Crippen LogP contribution in [0.2, 0.25) is 0 Å². The van der Waals surface area contributed by atoms with Crippen LogP contribution in [0, 0.1) is 5.92 Å². The van der Waals surface area contributed by atoms with Crippen LogP contribution in [0.25, 0.3) is 22.1 Å². The Hall–Kier alpha value is -2.59. The first-order valence-electron chi connectivity index (χ1n) is 9.78. The van der Waals surface area contributed by atoms with Gasteiger partial charge in [0.2, 0.25) is 0 Å². The molecule has 0 unspecified atom stereocenters. The molecule has 0 bridgehead atoms. The molecule has 0 aliphatic carbocycles. The summed E-state index contributed by atoms with van der Waals surface area (Å²) in [4.78, 5) is 14.4. The highest BCUT2D eigenvalue weighted by Crippen LogP contribution is 2.23. The van der Waals surface area contributed by atoms with Crippen LogP contribution in [0.1, 0.15) is 19.8 Å². The lowest BCUT2D eigenvalue weighted by molar-refractivity contribution is -0.906. The van der Waals surface area contributed by atoms with Gasteiger partial charge in [0, 0.05) is 6.07 Å². The third kappa shape index (κ3) is 4.06. The van der Waals surface area contributed by atoms with Crippen molar-refractivity contribution in [1.82, 2.24) is 0 Å². The molecule has 140 valence electrons. The van der Waals surface area contributed by atoms with Crippen LogP contribution in [0.5, 0.6) is 5.75 Å². The second kappa shape index (κ2) is 7.97. The standard InChI is InChI=1S/C23H25NO3/c1-17-9-11-24(12-10-17)13-14-26-19-7-8-20-22(15-19)27-16-21(23(20)25)18-5-3-2-4-6-18/h2-8,15-17H,9-14H2,1H3/p+1. The van der Waals surface area contributed by atoms with Gasteiger partial charge in [-0.3, -0.25) is 4.79 Å². The van der Waals surface area contributed by atoms with Crippen LogP contribution in [-0.2, 0) is 0 Å². The molecule has 1 saturated heterocycles. The van der Waals surface area contributed by atoms with Gasteiger partial charge >= 0.3 is 0 Å². The Balaban J connectivity index is 1.46. The molecule has 2 heterocycles. The first-order valence-corrected chi connectivity index (χ1v) is 9.78. The van der Waals surface area contributed by atoms with E-state index in [1.165, 1.54) is 25.9 Å². The number of nitrogens with one attached hydrogen (secondary N) is 1. The highest BCUT2D eigenvalue weighted by atomic mass is 16.5. The molecular weight excluding hydrogens is 338 g/mol. The Morgan fingerprint density at radius 2 is 1.89 bits per heavy atom. The quantitative estimate of drug-likeness (QED) is 0.756. The Morgan fingerprint density at radius 1 is 1.11 bits per heavy atom. The summed E-state index contributed by atoms with van der Waals surface area (Å²) in [7, 11) is 0. The van der Waals surface area contributed by atoms with Crippen molar-refractivity contribution in [2.45, 2.75) is 19.8 Å². The zero-order chi connectivity index (χ0) is 18.6. The fraction of sp³-hybridized carbons (Fsp3) is 0.348. The second-order valence-electron chi connectivity index (χ2n) is 7.53. The van der Waals surface area contributed by atoms with Crippen molar-refractivity contribution in [2.24, 2.45) is 5.92 Å². The Labute approximate surface area is 159 Å². The van der Waals surface area contributed by atoms with Crippen molar-refractivity contribution < 1.29 is 14.1 Å². The van der Waals surface area contributed by atoms with Crippen LogP contribution in [0.3, 0.4) is 0 Å². The van der Waals surface area contributed by atoms with Crippen LogP contribution in [0.15, 0.2) is 64.0 Å². The number of benzene rings is 2. The van der Waals surface area contributed by atoms with Gasteiger partial charge in [-0.2, -0.15) is 0 Å². The van der Waals surface area contributed by atoms with Gasteiger partial charge in [-0.05, 0) is 36.5 Å². The number of rotatable bonds is 5. The maximum atomic E-state index is 12.8. The Bertz CT molecular complexity index is 956. The third-order valence-corrected chi connectivity index (χ3v) is 5.54.